The molecule has 0 saturated heterocycles. The summed E-state index contributed by atoms with van der Waals surface area (Å²) in [5.74, 6) is 3.81. The van der Waals surface area contributed by atoms with Crippen LogP contribution < -0.4 is 5.73 Å². The molecule has 0 spiro atoms. The Morgan fingerprint density at radius 1 is 1.67 bits per heavy atom. The molecule has 2 heterocycles. The Bertz CT molecular complexity index is 466. The maximum atomic E-state index is 5.80. The molecule has 4 nitrogen and oxygen atoms in total. The Hall–Kier alpha value is -1.64. The van der Waals surface area contributed by atoms with Crippen molar-refractivity contribution < 1.29 is 0 Å². The maximum absolute atomic E-state index is 5.80. The number of nitrogens with two attached hydrogens (primary N) is 1. The first-order chi connectivity index (χ1) is 7.31. The summed E-state index contributed by atoms with van der Waals surface area (Å²) in [6, 6.07) is 3.65. The van der Waals surface area contributed by atoms with Gasteiger partial charge in [0.1, 0.15) is 5.82 Å². The molecule has 2 aromatic rings. The van der Waals surface area contributed by atoms with E-state index in [0.717, 1.165) is 4.88 Å². The molecule has 0 radical (unpaired) electrons. The first-order valence-corrected chi connectivity index (χ1v) is 5.34. The molecule has 76 valence electrons. The van der Waals surface area contributed by atoms with Crippen LogP contribution in [-0.2, 0) is 0 Å². The molecule has 1 unspecified atom stereocenters. The van der Waals surface area contributed by atoms with Gasteiger partial charge in [-0.2, -0.15) is 5.10 Å². The highest BCUT2D eigenvalue weighted by Crippen LogP contribution is 2.21. The minimum absolute atomic E-state index is 0.267. The Morgan fingerprint density at radius 2 is 2.53 bits per heavy atom. The van der Waals surface area contributed by atoms with Gasteiger partial charge < -0.3 is 5.73 Å². The number of aromatic amines is 1. The first kappa shape index (κ1) is 9.90. The van der Waals surface area contributed by atoms with Crippen LogP contribution >= 0.6 is 11.3 Å². The summed E-state index contributed by atoms with van der Waals surface area (Å²) in [5.41, 5.74) is 5.80. The number of terminal acetylenes is 1. The van der Waals surface area contributed by atoms with Crippen LogP contribution in [0, 0.1) is 12.3 Å². The van der Waals surface area contributed by atoms with Gasteiger partial charge in [0.05, 0.1) is 10.9 Å². The van der Waals surface area contributed by atoms with Crippen molar-refractivity contribution in [3.8, 4) is 23.0 Å². The first-order valence-electron chi connectivity index (χ1n) is 4.46. The molecular weight excluding hydrogens is 208 g/mol. The number of nitrogens with zero attached hydrogens (tertiary/aromatic N) is 2. The van der Waals surface area contributed by atoms with Gasteiger partial charge in [0.2, 0.25) is 0 Å². The molecule has 15 heavy (non-hydrogen) atoms. The van der Waals surface area contributed by atoms with E-state index in [-0.39, 0.29) is 6.04 Å². The molecule has 0 aliphatic rings. The van der Waals surface area contributed by atoms with Crippen LogP contribution in [0.5, 0.6) is 0 Å². The van der Waals surface area contributed by atoms with Crippen LogP contribution in [0.2, 0.25) is 0 Å². The van der Waals surface area contributed by atoms with Gasteiger partial charge in [-0.25, -0.2) is 4.98 Å². The normalized spacial score (nSPS) is 12.3. The molecule has 0 amide bonds. The van der Waals surface area contributed by atoms with Gasteiger partial charge in [0, 0.05) is 6.42 Å². The summed E-state index contributed by atoms with van der Waals surface area (Å²) in [7, 11) is 0. The van der Waals surface area contributed by atoms with Crippen molar-refractivity contribution in [1.82, 2.24) is 15.2 Å². The molecule has 0 fully saturated rings. The van der Waals surface area contributed by atoms with Crippen molar-refractivity contribution in [2.45, 2.75) is 12.5 Å². The van der Waals surface area contributed by atoms with Crippen molar-refractivity contribution in [2.75, 3.05) is 0 Å². The van der Waals surface area contributed by atoms with Gasteiger partial charge in [-0.3, -0.25) is 5.10 Å². The van der Waals surface area contributed by atoms with Crippen LogP contribution in [0.3, 0.4) is 0 Å². The Morgan fingerprint density at radius 3 is 3.20 bits per heavy atom. The molecule has 1 atom stereocenters. The van der Waals surface area contributed by atoms with Gasteiger partial charge in [0.15, 0.2) is 5.82 Å². The monoisotopic (exact) mass is 218 g/mol. The third kappa shape index (κ3) is 2.06. The number of nitrogens with one attached hydrogen (secondary N) is 1. The van der Waals surface area contributed by atoms with Crippen molar-refractivity contribution in [3.63, 3.8) is 0 Å². The second kappa shape index (κ2) is 4.26. The molecule has 0 aliphatic heterocycles. The molecule has 0 saturated carbocycles. The SMILES string of the molecule is C#CCC(N)c1nc(-c2cccs2)n[nH]1. The third-order valence-electron chi connectivity index (χ3n) is 1.93. The van der Waals surface area contributed by atoms with E-state index in [4.69, 9.17) is 12.2 Å². The Labute approximate surface area is 91.5 Å². The second-order valence-corrected chi connectivity index (χ2v) is 3.98. The van der Waals surface area contributed by atoms with Gasteiger partial charge in [0.25, 0.3) is 0 Å². The number of aromatic nitrogens is 3. The lowest BCUT2D eigenvalue weighted by Gasteiger charge is -2.00. The van der Waals surface area contributed by atoms with E-state index in [1.54, 1.807) is 11.3 Å². The fourth-order valence-corrected chi connectivity index (χ4v) is 1.84. The zero-order valence-electron chi connectivity index (χ0n) is 7.97. The average molecular weight is 218 g/mol. The lowest BCUT2D eigenvalue weighted by molar-refractivity contribution is 0.696. The van der Waals surface area contributed by atoms with E-state index >= 15 is 0 Å². The summed E-state index contributed by atoms with van der Waals surface area (Å²) >= 11 is 1.59. The minimum Gasteiger partial charge on any atom is -0.321 e. The van der Waals surface area contributed by atoms with Crippen LogP contribution in [0.15, 0.2) is 17.5 Å². The second-order valence-electron chi connectivity index (χ2n) is 3.04. The molecule has 5 heteroatoms. The number of rotatable bonds is 3. The summed E-state index contributed by atoms with van der Waals surface area (Å²) in [6.07, 6.45) is 5.64. The average Bonchev–Trinajstić information content (AvgIpc) is 2.89. The predicted molar refractivity (Wildman–Crippen MR) is 60.1 cm³/mol. The van der Waals surface area contributed by atoms with E-state index < -0.39 is 0 Å². The smallest absolute Gasteiger partial charge is 0.191 e. The van der Waals surface area contributed by atoms with Crippen molar-refractivity contribution in [1.29, 1.82) is 0 Å². The van der Waals surface area contributed by atoms with E-state index in [1.807, 2.05) is 17.5 Å². The maximum Gasteiger partial charge on any atom is 0.191 e. The number of hydrogen-bond acceptors (Lipinski definition) is 4. The molecule has 3 N–H and O–H groups in total. The van der Waals surface area contributed by atoms with Crippen molar-refractivity contribution >= 4 is 11.3 Å². The Balaban J connectivity index is 2.22. The van der Waals surface area contributed by atoms with Gasteiger partial charge >= 0.3 is 0 Å². The predicted octanol–water partition coefficient (Wildman–Crippen LogP) is 1.56. The lowest BCUT2D eigenvalue weighted by atomic mass is 10.2. The van der Waals surface area contributed by atoms with Crippen LogP contribution in [-0.4, -0.2) is 15.2 Å². The van der Waals surface area contributed by atoms with E-state index in [1.165, 1.54) is 0 Å². The zero-order chi connectivity index (χ0) is 10.7. The summed E-state index contributed by atoms with van der Waals surface area (Å²) in [4.78, 5) is 5.31. The van der Waals surface area contributed by atoms with E-state index in [0.29, 0.717) is 18.1 Å². The quantitative estimate of drug-likeness (QED) is 0.768. The van der Waals surface area contributed by atoms with Gasteiger partial charge in [-0.1, -0.05) is 6.07 Å². The fraction of sp³-hybridized carbons (Fsp3) is 0.200. The standard InChI is InChI=1S/C10H10N4S/c1-2-4-7(11)9-12-10(14-13-9)8-5-3-6-15-8/h1,3,5-7H,4,11H2,(H,12,13,14). The van der Waals surface area contributed by atoms with E-state index in [2.05, 4.69) is 21.1 Å². The van der Waals surface area contributed by atoms with Gasteiger partial charge in [-0.15, -0.1) is 23.7 Å². The van der Waals surface area contributed by atoms with Crippen LogP contribution in [0.4, 0.5) is 0 Å². The highest BCUT2D eigenvalue weighted by molar-refractivity contribution is 7.13. The molecular formula is C10H10N4S. The summed E-state index contributed by atoms with van der Waals surface area (Å²) in [5, 5.41) is 8.87. The van der Waals surface area contributed by atoms with Crippen molar-refractivity contribution in [2.24, 2.45) is 5.73 Å². The lowest BCUT2D eigenvalue weighted by Crippen LogP contribution is -2.11. The molecule has 0 bridgehead atoms. The highest BCUT2D eigenvalue weighted by atomic mass is 32.1. The molecule has 0 aromatic carbocycles. The van der Waals surface area contributed by atoms with E-state index in [9.17, 15) is 0 Å². The summed E-state index contributed by atoms with van der Waals surface area (Å²) in [6.45, 7) is 0. The Kier molecular flexibility index (Phi) is 2.81. The number of thiophene rings is 1. The minimum atomic E-state index is -0.267. The van der Waals surface area contributed by atoms with Crippen molar-refractivity contribution in [3.05, 3.63) is 23.3 Å². The van der Waals surface area contributed by atoms with Crippen LogP contribution in [0.25, 0.3) is 10.7 Å². The largest absolute Gasteiger partial charge is 0.321 e. The van der Waals surface area contributed by atoms with Crippen LogP contribution in [0.1, 0.15) is 18.3 Å². The third-order valence-corrected chi connectivity index (χ3v) is 2.80. The molecule has 2 aromatic heterocycles. The fourth-order valence-electron chi connectivity index (χ4n) is 1.18. The number of H-pyrrole nitrogens is 1. The number of hydrogen-bond donors (Lipinski definition) is 2. The zero-order valence-corrected chi connectivity index (χ0v) is 8.79. The highest BCUT2D eigenvalue weighted by Gasteiger charge is 2.11. The summed E-state index contributed by atoms with van der Waals surface area (Å²) < 4.78 is 0. The van der Waals surface area contributed by atoms with Gasteiger partial charge in [-0.05, 0) is 11.4 Å². The molecule has 2 rings (SSSR count). The topological polar surface area (TPSA) is 67.6 Å². The molecule has 0 aliphatic carbocycles.